The number of ether oxygens (including phenoxy) is 1. The zero-order chi connectivity index (χ0) is 13.3. The standard InChI is InChI=1S/C12H15N3O3/c1-6(7(2)12(16)17)10-13-8-4-5-9(18-3)14-11(8)15-10/h4-7H,1-3H3,(H,16,17)(H,13,14,15). The van der Waals surface area contributed by atoms with Gasteiger partial charge in [0.2, 0.25) is 5.88 Å². The summed E-state index contributed by atoms with van der Waals surface area (Å²) in [4.78, 5) is 22.5. The number of fused-ring (bicyclic) bond motifs is 1. The number of pyridine rings is 1. The molecule has 0 aliphatic carbocycles. The summed E-state index contributed by atoms with van der Waals surface area (Å²) >= 11 is 0. The minimum absolute atomic E-state index is 0.206. The normalized spacial score (nSPS) is 14.4. The molecule has 2 unspecified atom stereocenters. The maximum Gasteiger partial charge on any atom is 0.306 e. The highest BCUT2D eigenvalue weighted by Gasteiger charge is 2.23. The van der Waals surface area contributed by atoms with E-state index in [2.05, 4.69) is 15.0 Å². The molecule has 0 aliphatic heterocycles. The Balaban J connectivity index is 2.37. The number of hydrogen-bond acceptors (Lipinski definition) is 4. The van der Waals surface area contributed by atoms with E-state index in [0.717, 1.165) is 5.52 Å². The van der Waals surface area contributed by atoms with Crippen LogP contribution >= 0.6 is 0 Å². The van der Waals surface area contributed by atoms with Crippen molar-refractivity contribution in [3.05, 3.63) is 18.0 Å². The van der Waals surface area contributed by atoms with Crippen LogP contribution in [0.4, 0.5) is 0 Å². The van der Waals surface area contributed by atoms with Gasteiger partial charge < -0.3 is 14.8 Å². The average Bonchev–Trinajstić information content (AvgIpc) is 2.79. The van der Waals surface area contributed by atoms with Crippen LogP contribution in [0.3, 0.4) is 0 Å². The molecule has 2 N–H and O–H groups in total. The van der Waals surface area contributed by atoms with E-state index in [9.17, 15) is 4.79 Å². The topological polar surface area (TPSA) is 88.1 Å². The fourth-order valence-electron chi connectivity index (χ4n) is 1.67. The lowest BCUT2D eigenvalue weighted by molar-refractivity contribution is -0.141. The Labute approximate surface area is 104 Å². The van der Waals surface area contributed by atoms with E-state index in [1.807, 2.05) is 13.0 Å². The quantitative estimate of drug-likeness (QED) is 0.862. The number of carboxylic acids is 1. The molecule has 0 radical (unpaired) electrons. The lowest BCUT2D eigenvalue weighted by Crippen LogP contribution is -2.17. The summed E-state index contributed by atoms with van der Waals surface area (Å²) in [6.45, 7) is 3.49. The molecule has 0 saturated heterocycles. The zero-order valence-electron chi connectivity index (χ0n) is 10.5. The van der Waals surface area contributed by atoms with Gasteiger partial charge in [-0.15, -0.1) is 0 Å². The van der Waals surface area contributed by atoms with Crippen LogP contribution in [-0.4, -0.2) is 33.1 Å². The molecule has 2 aromatic heterocycles. The summed E-state index contributed by atoms with van der Waals surface area (Å²) in [5.41, 5.74) is 1.31. The van der Waals surface area contributed by atoms with Crippen LogP contribution in [0.5, 0.6) is 5.88 Å². The van der Waals surface area contributed by atoms with Gasteiger partial charge in [0.05, 0.1) is 18.5 Å². The third kappa shape index (κ3) is 2.13. The molecule has 2 heterocycles. The predicted octanol–water partition coefficient (Wildman–Crippen LogP) is 1.79. The molecule has 0 fully saturated rings. The monoisotopic (exact) mass is 249 g/mol. The number of rotatable bonds is 4. The van der Waals surface area contributed by atoms with Crippen LogP contribution in [0.1, 0.15) is 25.6 Å². The second-order valence-corrected chi connectivity index (χ2v) is 4.26. The third-order valence-corrected chi connectivity index (χ3v) is 3.12. The Morgan fingerprint density at radius 2 is 2.11 bits per heavy atom. The second kappa shape index (κ2) is 4.64. The number of imidazole rings is 1. The van der Waals surface area contributed by atoms with E-state index < -0.39 is 11.9 Å². The van der Waals surface area contributed by atoms with Gasteiger partial charge in [-0.05, 0) is 6.07 Å². The number of methoxy groups -OCH3 is 1. The number of aromatic nitrogens is 3. The number of aromatic amines is 1. The van der Waals surface area contributed by atoms with Crippen LogP contribution in [0, 0.1) is 5.92 Å². The van der Waals surface area contributed by atoms with Gasteiger partial charge in [0, 0.05) is 12.0 Å². The summed E-state index contributed by atoms with van der Waals surface area (Å²) in [5.74, 6) is -0.441. The molecule has 0 amide bonds. The molecule has 0 aromatic carbocycles. The first kappa shape index (κ1) is 12.3. The molecule has 96 valence electrons. The van der Waals surface area contributed by atoms with Crippen molar-refractivity contribution in [3.8, 4) is 5.88 Å². The third-order valence-electron chi connectivity index (χ3n) is 3.12. The van der Waals surface area contributed by atoms with Crippen LogP contribution in [0.25, 0.3) is 11.2 Å². The van der Waals surface area contributed by atoms with Crippen LogP contribution in [-0.2, 0) is 4.79 Å². The minimum atomic E-state index is -0.839. The zero-order valence-corrected chi connectivity index (χ0v) is 10.5. The van der Waals surface area contributed by atoms with Gasteiger partial charge in [0.25, 0.3) is 0 Å². The number of H-pyrrole nitrogens is 1. The van der Waals surface area contributed by atoms with Crippen molar-refractivity contribution in [1.82, 2.24) is 15.0 Å². The Morgan fingerprint density at radius 1 is 1.39 bits per heavy atom. The Bertz CT molecular complexity index is 579. The predicted molar refractivity (Wildman–Crippen MR) is 65.7 cm³/mol. The average molecular weight is 249 g/mol. The summed E-state index contributed by atoms with van der Waals surface area (Å²) < 4.78 is 5.02. The van der Waals surface area contributed by atoms with Gasteiger partial charge in [-0.3, -0.25) is 4.79 Å². The van der Waals surface area contributed by atoms with E-state index >= 15 is 0 Å². The first-order valence-electron chi connectivity index (χ1n) is 5.66. The summed E-state index contributed by atoms with van der Waals surface area (Å²) in [7, 11) is 1.54. The maximum absolute atomic E-state index is 11.0. The number of nitrogens with zero attached hydrogens (tertiary/aromatic N) is 2. The fourth-order valence-corrected chi connectivity index (χ4v) is 1.67. The highest BCUT2D eigenvalue weighted by atomic mass is 16.5. The van der Waals surface area contributed by atoms with Crippen molar-refractivity contribution in [3.63, 3.8) is 0 Å². The SMILES string of the molecule is COc1ccc2[nH]c(C(C)C(C)C(=O)O)nc2n1. The Morgan fingerprint density at radius 3 is 2.72 bits per heavy atom. The van der Waals surface area contributed by atoms with Crippen molar-refractivity contribution in [2.45, 2.75) is 19.8 Å². The van der Waals surface area contributed by atoms with Crippen molar-refractivity contribution in [1.29, 1.82) is 0 Å². The molecule has 2 aromatic rings. The first-order valence-corrected chi connectivity index (χ1v) is 5.66. The van der Waals surface area contributed by atoms with E-state index in [1.54, 1.807) is 13.0 Å². The lowest BCUT2D eigenvalue weighted by Gasteiger charge is -2.12. The van der Waals surface area contributed by atoms with Gasteiger partial charge in [0.15, 0.2) is 5.65 Å². The molecular formula is C12H15N3O3. The second-order valence-electron chi connectivity index (χ2n) is 4.26. The number of carbonyl (C=O) groups is 1. The Hall–Kier alpha value is -2.11. The molecule has 2 rings (SSSR count). The number of nitrogens with one attached hydrogen (secondary N) is 1. The lowest BCUT2D eigenvalue weighted by atomic mass is 9.96. The summed E-state index contributed by atoms with van der Waals surface area (Å²) in [5, 5.41) is 8.99. The molecule has 6 nitrogen and oxygen atoms in total. The maximum atomic E-state index is 11.0. The van der Waals surface area contributed by atoms with Gasteiger partial charge in [-0.25, -0.2) is 4.98 Å². The molecule has 0 saturated carbocycles. The van der Waals surface area contributed by atoms with E-state index in [1.165, 1.54) is 7.11 Å². The largest absolute Gasteiger partial charge is 0.481 e. The van der Waals surface area contributed by atoms with E-state index in [4.69, 9.17) is 9.84 Å². The number of aliphatic carboxylic acids is 1. The molecule has 0 spiro atoms. The van der Waals surface area contributed by atoms with E-state index in [0.29, 0.717) is 17.4 Å². The van der Waals surface area contributed by atoms with Crippen molar-refractivity contribution in [2.75, 3.05) is 7.11 Å². The van der Waals surface area contributed by atoms with Gasteiger partial charge >= 0.3 is 5.97 Å². The fraction of sp³-hybridized carbons (Fsp3) is 0.417. The van der Waals surface area contributed by atoms with E-state index in [-0.39, 0.29) is 5.92 Å². The molecule has 6 heteroatoms. The molecule has 0 aliphatic rings. The first-order chi connectivity index (χ1) is 8.52. The number of carboxylic acid groups (broad SMARTS) is 1. The summed E-state index contributed by atoms with van der Waals surface area (Å²) in [6, 6.07) is 3.55. The van der Waals surface area contributed by atoms with Crippen molar-refractivity contribution >= 4 is 17.1 Å². The Kier molecular flexibility index (Phi) is 3.18. The van der Waals surface area contributed by atoms with Crippen molar-refractivity contribution in [2.24, 2.45) is 5.92 Å². The molecular weight excluding hydrogens is 234 g/mol. The van der Waals surface area contributed by atoms with Gasteiger partial charge in [-0.2, -0.15) is 4.98 Å². The van der Waals surface area contributed by atoms with Crippen LogP contribution < -0.4 is 4.74 Å². The van der Waals surface area contributed by atoms with Gasteiger partial charge in [-0.1, -0.05) is 13.8 Å². The molecule has 2 atom stereocenters. The minimum Gasteiger partial charge on any atom is -0.481 e. The van der Waals surface area contributed by atoms with Gasteiger partial charge in [0.1, 0.15) is 5.82 Å². The van der Waals surface area contributed by atoms with Crippen LogP contribution in [0.15, 0.2) is 12.1 Å². The molecule has 18 heavy (non-hydrogen) atoms. The highest BCUT2D eigenvalue weighted by Crippen LogP contribution is 2.24. The summed E-state index contributed by atoms with van der Waals surface area (Å²) in [6.07, 6.45) is 0. The van der Waals surface area contributed by atoms with Crippen LogP contribution in [0.2, 0.25) is 0 Å². The van der Waals surface area contributed by atoms with Crippen molar-refractivity contribution < 1.29 is 14.6 Å². The highest BCUT2D eigenvalue weighted by molar-refractivity contribution is 5.73. The number of hydrogen-bond donors (Lipinski definition) is 2. The molecule has 0 bridgehead atoms. The smallest absolute Gasteiger partial charge is 0.306 e.